The zero-order valence-electron chi connectivity index (χ0n) is 8.74. The molecule has 1 aromatic heterocycles. The van der Waals surface area contributed by atoms with Crippen LogP contribution in [0.2, 0.25) is 5.15 Å². The van der Waals surface area contributed by atoms with Crippen LogP contribution in [-0.2, 0) is 4.79 Å². The molecule has 1 heterocycles. The second-order valence-corrected chi connectivity index (χ2v) is 5.61. The van der Waals surface area contributed by atoms with E-state index in [4.69, 9.17) is 11.6 Å². The predicted molar refractivity (Wildman–Crippen MR) is 73.7 cm³/mol. The third kappa shape index (κ3) is 5.14. The lowest BCUT2D eigenvalue weighted by atomic mass is 10.2. The summed E-state index contributed by atoms with van der Waals surface area (Å²) in [5.74, 6) is 0.797. The second kappa shape index (κ2) is 7.09. The maximum Gasteiger partial charge on any atom is 0.185 e. The SMILES string of the molecule is CC(=O)SCCC=Cc1cc(Br)cnc1Cl. The Bertz CT molecular complexity index is 409. The van der Waals surface area contributed by atoms with Crippen molar-refractivity contribution in [3.8, 4) is 0 Å². The van der Waals surface area contributed by atoms with Gasteiger partial charge in [0.05, 0.1) is 0 Å². The Morgan fingerprint density at radius 2 is 2.44 bits per heavy atom. The van der Waals surface area contributed by atoms with Gasteiger partial charge in [0.2, 0.25) is 0 Å². The summed E-state index contributed by atoms with van der Waals surface area (Å²) in [6, 6.07) is 1.91. The normalized spacial score (nSPS) is 10.9. The summed E-state index contributed by atoms with van der Waals surface area (Å²) in [5.41, 5.74) is 0.879. The molecule has 1 aromatic rings. The minimum Gasteiger partial charge on any atom is -0.288 e. The zero-order valence-corrected chi connectivity index (χ0v) is 11.9. The molecule has 0 bridgehead atoms. The van der Waals surface area contributed by atoms with Crippen molar-refractivity contribution >= 4 is 50.5 Å². The van der Waals surface area contributed by atoms with Crippen molar-refractivity contribution in [3.05, 3.63) is 33.5 Å². The monoisotopic (exact) mass is 319 g/mol. The molecular formula is C11H11BrClNOS. The average Bonchev–Trinajstić information content (AvgIpc) is 2.22. The number of thioether (sulfide) groups is 1. The van der Waals surface area contributed by atoms with Gasteiger partial charge in [-0.05, 0) is 28.4 Å². The summed E-state index contributed by atoms with van der Waals surface area (Å²) >= 11 is 10.6. The van der Waals surface area contributed by atoms with Gasteiger partial charge in [-0.2, -0.15) is 0 Å². The van der Waals surface area contributed by atoms with Crippen LogP contribution in [0.3, 0.4) is 0 Å². The number of carbonyl (C=O) groups excluding carboxylic acids is 1. The van der Waals surface area contributed by atoms with Gasteiger partial charge in [-0.25, -0.2) is 4.98 Å². The first kappa shape index (κ1) is 13.7. The first-order valence-corrected chi connectivity index (χ1v) is 6.86. The number of halogens is 2. The van der Waals surface area contributed by atoms with Crippen LogP contribution in [0.25, 0.3) is 6.08 Å². The number of hydrogen-bond acceptors (Lipinski definition) is 3. The lowest BCUT2D eigenvalue weighted by Gasteiger charge is -1.98. The average molecular weight is 321 g/mol. The Hall–Kier alpha value is -0.320. The summed E-state index contributed by atoms with van der Waals surface area (Å²) in [4.78, 5) is 14.7. The van der Waals surface area contributed by atoms with Crippen molar-refractivity contribution in [2.24, 2.45) is 0 Å². The molecule has 0 radical (unpaired) electrons. The zero-order chi connectivity index (χ0) is 12.0. The molecule has 0 saturated carbocycles. The minimum absolute atomic E-state index is 0.149. The van der Waals surface area contributed by atoms with E-state index in [0.29, 0.717) is 5.15 Å². The highest BCUT2D eigenvalue weighted by Crippen LogP contribution is 2.19. The molecular weight excluding hydrogens is 310 g/mol. The molecule has 0 fully saturated rings. The summed E-state index contributed by atoms with van der Waals surface area (Å²) in [6.07, 6.45) is 6.41. The van der Waals surface area contributed by atoms with Crippen molar-refractivity contribution in [2.45, 2.75) is 13.3 Å². The maximum absolute atomic E-state index is 10.7. The van der Waals surface area contributed by atoms with Crippen molar-refractivity contribution < 1.29 is 4.79 Å². The highest BCUT2D eigenvalue weighted by Gasteiger charge is 1.98. The Morgan fingerprint density at radius 1 is 1.69 bits per heavy atom. The molecule has 2 nitrogen and oxygen atoms in total. The molecule has 5 heteroatoms. The van der Waals surface area contributed by atoms with Gasteiger partial charge in [-0.3, -0.25) is 4.79 Å². The fraction of sp³-hybridized carbons (Fsp3) is 0.273. The van der Waals surface area contributed by atoms with Crippen LogP contribution in [0.1, 0.15) is 18.9 Å². The van der Waals surface area contributed by atoms with E-state index in [1.54, 1.807) is 13.1 Å². The van der Waals surface area contributed by atoms with E-state index < -0.39 is 0 Å². The van der Waals surface area contributed by atoms with E-state index in [1.165, 1.54) is 11.8 Å². The molecule has 16 heavy (non-hydrogen) atoms. The summed E-state index contributed by atoms with van der Waals surface area (Å²) in [6.45, 7) is 1.57. The summed E-state index contributed by atoms with van der Waals surface area (Å²) < 4.78 is 0.898. The highest BCUT2D eigenvalue weighted by molar-refractivity contribution is 9.10. The van der Waals surface area contributed by atoms with Crippen LogP contribution >= 0.6 is 39.3 Å². The number of nitrogens with zero attached hydrogens (tertiary/aromatic N) is 1. The molecule has 0 unspecified atom stereocenters. The van der Waals surface area contributed by atoms with Gasteiger partial charge in [0.15, 0.2) is 5.12 Å². The molecule has 86 valence electrons. The number of rotatable bonds is 4. The van der Waals surface area contributed by atoms with E-state index in [9.17, 15) is 4.79 Å². The molecule has 0 aromatic carbocycles. The molecule has 0 aliphatic carbocycles. The molecule has 1 rings (SSSR count). The van der Waals surface area contributed by atoms with E-state index in [2.05, 4.69) is 20.9 Å². The number of pyridine rings is 1. The third-order valence-electron chi connectivity index (χ3n) is 1.72. The van der Waals surface area contributed by atoms with Gasteiger partial charge in [0.1, 0.15) is 5.15 Å². The summed E-state index contributed by atoms with van der Waals surface area (Å²) in [7, 11) is 0. The van der Waals surface area contributed by atoms with E-state index in [1.807, 2.05) is 18.2 Å². The van der Waals surface area contributed by atoms with E-state index in [0.717, 1.165) is 22.2 Å². The highest BCUT2D eigenvalue weighted by atomic mass is 79.9. The Labute approximate surface area is 113 Å². The maximum atomic E-state index is 10.7. The largest absolute Gasteiger partial charge is 0.288 e. The first-order valence-electron chi connectivity index (χ1n) is 4.70. The first-order chi connectivity index (χ1) is 7.59. The smallest absolute Gasteiger partial charge is 0.185 e. The molecule has 0 saturated heterocycles. The van der Waals surface area contributed by atoms with Crippen LogP contribution in [-0.4, -0.2) is 15.9 Å². The van der Waals surface area contributed by atoms with Crippen molar-refractivity contribution in [1.29, 1.82) is 0 Å². The van der Waals surface area contributed by atoms with Gasteiger partial charge in [-0.1, -0.05) is 35.5 Å². The fourth-order valence-corrected chi connectivity index (χ4v) is 2.09. The lowest BCUT2D eigenvalue weighted by Crippen LogP contribution is -1.84. The molecule has 0 atom stereocenters. The van der Waals surface area contributed by atoms with Gasteiger partial charge >= 0.3 is 0 Å². The lowest BCUT2D eigenvalue weighted by molar-refractivity contribution is -0.109. The molecule has 0 N–H and O–H groups in total. The van der Waals surface area contributed by atoms with E-state index in [-0.39, 0.29) is 5.12 Å². The second-order valence-electron chi connectivity index (χ2n) is 3.06. The molecule has 0 aliphatic heterocycles. The van der Waals surface area contributed by atoms with Crippen LogP contribution in [0.15, 0.2) is 22.8 Å². The number of hydrogen-bond donors (Lipinski definition) is 0. The number of allylic oxidation sites excluding steroid dienone is 1. The van der Waals surface area contributed by atoms with Crippen LogP contribution < -0.4 is 0 Å². The van der Waals surface area contributed by atoms with Crippen molar-refractivity contribution in [3.63, 3.8) is 0 Å². The molecule has 0 aliphatic rings. The van der Waals surface area contributed by atoms with Gasteiger partial charge in [0.25, 0.3) is 0 Å². The van der Waals surface area contributed by atoms with Crippen LogP contribution in [0.5, 0.6) is 0 Å². The topological polar surface area (TPSA) is 30.0 Å². The summed E-state index contributed by atoms with van der Waals surface area (Å²) in [5, 5.41) is 0.634. The number of aromatic nitrogens is 1. The molecule has 0 spiro atoms. The quantitative estimate of drug-likeness (QED) is 0.616. The Balaban J connectivity index is 2.49. The predicted octanol–water partition coefficient (Wildman–Crippen LogP) is 4.18. The Kier molecular flexibility index (Phi) is 6.09. The number of carbonyl (C=O) groups is 1. The van der Waals surface area contributed by atoms with Crippen molar-refractivity contribution in [1.82, 2.24) is 4.98 Å². The standard InChI is InChI=1S/C11H11BrClNOS/c1-8(15)16-5-3-2-4-9-6-10(12)7-14-11(9)13/h2,4,6-7H,3,5H2,1H3. The van der Waals surface area contributed by atoms with Gasteiger partial charge in [0, 0.05) is 28.9 Å². The fourth-order valence-electron chi connectivity index (χ4n) is 1.04. The third-order valence-corrected chi connectivity index (χ3v) is 3.32. The Morgan fingerprint density at radius 3 is 3.12 bits per heavy atom. The molecule has 0 amide bonds. The van der Waals surface area contributed by atoms with Crippen molar-refractivity contribution in [2.75, 3.05) is 5.75 Å². The van der Waals surface area contributed by atoms with Gasteiger partial charge < -0.3 is 0 Å². The van der Waals surface area contributed by atoms with Crippen LogP contribution in [0, 0.1) is 0 Å². The van der Waals surface area contributed by atoms with E-state index >= 15 is 0 Å². The van der Waals surface area contributed by atoms with Gasteiger partial charge in [-0.15, -0.1) is 0 Å². The van der Waals surface area contributed by atoms with Crippen LogP contribution in [0.4, 0.5) is 0 Å². The minimum atomic E-state index is 0.149.